The van der Waals surface area contributed by atoms with Crippen LogP contribution >= 0.6 is 0 Å². The molecule has 1 saturated carbocycles. The monoisotopic (exact) mass is 342 g/mol. The summed E-state index contributed by atoms with van der Waals surface area (Å²) in [6, 6.07) is 9.79. The van der Waals surface area contributed by atoms with Crippen molar-refractivity contribution in [2.75, 3.05) is 25.0 Å². The lowest BCUT2D eigenvalue weighted by atomic mass is 9.80. The smallest absolute Gasteiger partial charge is 0.229 e. The molecule has 1 saturated heterocycles. The van der Waals surface area contributed by atoms with Crippen LogP contribution in [0.3, 0.4) is 0 Å². The molecule has 25 heavy (non-hydrogen) atoms. The average Bonchev–Trinajstić information content (AvgIpc) is 2.67. The van der Waals surface area contributed by atoms with Crippen LogP contribution in [0.1, 0.15) is 45.4 Å². The highest BCUT2D eigenvalue weighted by Gasteiger charge is 2.34. The molecule has 4 heteroatoms. The normalized spacial score (nSPS) is 24.8. The minimum absolute atomic E-state index is 0.0515. The van der Waals surface area contributed by atoms with Crippen molar-refractivity contribution in [2.24, 2.45) is 17.8 Å². The Labute approximate surface area is 151 Å². The zero-order valence-corrected chi connectivity index (χ0v) is 15.5. The second kappa shape index (κ2) is 8.03. The number of rotatable bonds is 3. The predicted octanol–water partition coefficient (Wildman–Crippen LogP) is 3.71. The molecule has 0 atom stereocenters. The molecule has 1 aromatic carbocycles. The van der Waals surface area contributed by atoms with Crippen molar-refractivity contribution < 1.29 is 9.59 Å². The van der Waals surface area contributed by atoms with Crippen LogP contribution in [0.4, 0.5) is 5.69 Å². The van der Waals surface area contributed by atoms with Crippen LogP contribution in [-0.4, -0.2) is 36.9 Å². The summed E-state index contributed by atoms with van der Waals surface area (Å²) in [6.45, 7) is 4.09. The van der Waals surface area contributed by atoms with Gasteiger partial charge in [-0.15, -0.1) is 0 Å². The zero-order chi connectivity index (χ0) is 17.8. The van der Waals surface area contributed by atoms with Crippen molar-refractivity contribution in [1.29, 1.82) is 0 Å². The molecule has 2 aliphatic rings. The highest BCUT2D eigenvalue weighted by Crippen LogP contribution is 2.32. The second-order valence-electron chi connectivity index (χ2n) is 7.79. The second-order valence-corrected chi connectivity index (χ2v) is 7.79. The van der Waals surface area contributed by atoms with Crippen LogP contribution in [0, 0.1) is 17.8 Å². The molecule has 0 N–H and O–H groups in total. The molecule has 0 spiro atoms. The van der Waals surface area contributed by atoms with E-state index in [2.05, 4.69) is 11.8 Å². The third kappa shape index (κ3) is 4.23. The fraction of sp³-hybridized carbons (Fsp3) is 0.619. The lowest BCUT2D eigenvalue weighted by Crippen LogP contribution is -2.43. The van der Waals surface area contributed by atoms with Gasteiger partial charge in [-0.05, 0) is 56.6 Å². The molecular formula is C21H30N2O2. The topological polar surface area (TPSA) is 40.6 Å². The average molecular weight is 342 g/mol. The van der Waals surface area contributed by atoms with Crippen LogP contribution < -0.4 is 4.90 Å². The fourth-order valence-electron chi connectivity index (χ4n) is 4.13. The molecule has 1 aliphatic heterocycles. The first-order valence-electron chi connectivity index (χ1n) is 9.67. The van der Waals surface area contributed by atoms with Crippen molar-refractivity contribution in [1.82, 2.24) is 4.90 Å². The molecule has 1 aromatic rings. The van der Waals surface area contributed by atoms with Gasteiger partial charge >= 0.3 is 0 Å². The van der Waals surface area contributed by atoms with E-state index < -0.39 is 0 Å². The van der Waals surface area contributed by atoms with Gasteiger partial charge in [0, 0.05) is 37.7 Å². The Morgan fingerprint density at radius 3 is 2.08 bits per heavy atom. The highest BCUT2D eigenvalue weighted by atomic mass is 16.2. The first-order valence-corrected chi connectivity index (χ1v) is 9.67. The summed E-state index contributed by atoms with van der Waals surface area (Å²) in [5.41, 5.74) is 0.938. The van der Waals surface area contributed by atoms with Gasteiger partial charge < -0.3 is 9.80 Å². The van der Waals surface area contributed by atoms with Crippen molar-refractivity contribution in [3.8, 4) is 0 Å². The van der Waals surface area contributed by atoms with Gasteiger partial charge in [0.25, 0.3) is 0 Å². The number of anilines is 1. The number of hydrogen-bond donors (Lipinski definition) is 0. The lowest BCUT2D eigenvalue weighted by Gasteiger charge is -2.36. The van der Waals surface area contributed by atoms with Crippen LogP contribution in [0.25, 0.3) is 0 Å². The maximum absolute atomic E-state index is 12.7. The lowest BCUT2D eigenvalue weighted by molar-refractivity contribution is -0.139. The molecule has 3 rings (SSSR count). The van der Waals surface area contributed by atoms with E-state index in [1.807, 2.05) is 37.4 Å². The van der Waals surface area contributed by atoms with E-state index in [1.54, 1.807) is 4.90 Å². The number of benzene rings is 1. The van der Waals surface area contributed by atoms with Crippen LogP contribution in [-0.2, 0) is 9.59 Å². The van der Waals surface area contributed by atoms with E-state index in [4.69, 9.17) is 0 Å². The van der Waals surface area contributed by atoms with Gasteiger partial charge in [0.15, 0.2) is 0 Å². The molecule has 4 nitrogen and oxygen atoms in total. The number of carbonyl (C=O) groups excluding carboxylic acids is 2. The summed E-state index contributed by atoms with van der Waals surface area (Å²) in [6.07, 6.45) is 5.62. The Hall–Kier alpha value is -1.84. The van der Waals surface area contributed by atoms with Gasteiger partial charge in [0.1, 0.15) is 0 Å². The summed E-state index contributed by atoms with van der Waals surface area (Å²) in [5, 5.41) is 0. The number of piperidine rings is 1. The summed E-state index contributed by atoms with van der Waals surface area (Å²) in [4.78, 5) is 29.3. The molecular weight excluding hydrogens is 312 g/mol. The number of para-hydroxylation sites is 1. The molecule has 0 aromatic heterocycles. The summed E-state index contributed by atoms with van der Waals surface area (Å²) >= 11 is 0. The largest absolute Gasteiger partial charge is 0.342 e. The van der Waals surface area contributed by atoms with Crippen molar-refractivity contribution >= 4 is 17.5 Å². The fourth-order valence-corrected chi connectivity index (χ4v) is 4.13. The Kier molecular flexibility index (Phi) is 5.77. The molecule has 136 valence electrons. The third-order valence-electron chi connectivity index (χ3n) is 6.00. The molecule has 2 fully saturated rings. The van der Waals surface area contributed by atoms with Gasteiger partial charge in [-0.25, -0.2) is 0 Å². The summed E-state index contributed by atoms with van der Waals surface area (Å²) in [5.74, 6) is 1.43. The SMILES string of the molecule is CC1CCN(C(=O)C2CCC(C(=O)N(C)c3ccccc3)CC2)CC1. The maximum atomic E-state index is 12.7. The quantitative estimate of drug-likeness (QED) is 0.840. The van der Waals surface area contributed by atoms with Gasteiger partial charge in [-0.3, -0.25) is 9.59 Å². The number of carbonyl (C=O) groups is 2. The summed E-state index contributed by atoms with van der Waals surface area (Å²) in [7, 11) is 1.85. The number of likely N-dealkylation sites (tertiary alicyclic amines) is 1. The van der Waals surface area contributed by atoms with Crippen molar-refractivity contribution in [2.45, 2.75) is 45.4 Å². The van der Waals surface area contributed by atoms with Crippen LogP contribution in [0.5, 0.6) is 0 Å². The maximum Gasteiger partial charge on any atom is 0.229 e. The standard InChI is InChI=1S/C21H30N2O2/c1-16-12-14-23(15-13-16)21(25)18-10-8-17(9-11-18)20(24)22(2)19-6-4-3-5-7-19/h3-7,16-18H,8-15H2,1-2H3. The van der Waals surface area contributed by atoms with Gasteiger partial charge in [-0.2, -0.15) is 0 Å². The van der Waals surface area contributed by atoms with E-state index >= 15 is 0 Å². The van der Waals surface area contributed by atoms with E-state index in [-0.39, 0.29) is 17.7 Å². The predicted molar refractivity (Wildman–Crippen MR) is 100 cm³/mol. The minimum Gasteiger partial charge on any atom is -0.342 e. The van der Waals surface area contributed by atoms with Gasteiger partial charge in [0.05, 0.1) is 0 Å². The molecule has 0 radical (unpaired) electrons. The Morgan fingerprint density at radius 1 is 0.920 bits per heavy atom. The van der Waals surface area contributed by atoms with Crippen LogP contribution in [0.2, 0.25) is 0 Å². The third-order valence-corrected chi connectivity index (χ3v) is 6.00. The first-order chi connectivity index (χ1) is 12.1. The Morgan fingerprint density at radius 2 is 1.48 bits per heavy atom. The minimum atomic E-state index is 0.0515. The highest BCUT2D eigenvalue weighted by molar-refractivity contribution is 5.94. The molecule has 1 aliphatic carbocycles. The van der Waals surface area contributed by atoms with Gasteiger partial charge in [-0.1, -0.05) is 25.1 Å². The number of nitrogens with zero attached hydrogens (tertiary/aromatic N) is 2. The molecule has 0 unspecified atom stereocenters. The Balaban J connectivity index is 1.51. The zero-order valence-electron chi connectivity index (χ0n) is 15.5. The van der Waals surface area contributed by atoms with Gasteiger partial charge in [0.2, 0.25) is 11.8 Å². The van der Waals surface area contributed by atoms with E-state index in [0.717, 1.165) is 63.2 Å². The van der Waals surface area contributed by atoms with E-state index in [9.17, 15) is 9.59 Å². The Bertz CT molecular complexity index is 585. The van der Waals surface area contributed by atoms with Crippen molar-refractivity contribution in [3.63, 3.8) is 0 Å². The molecule has 1 heterocycles. The molecule has 2 amide bonds. The van der Waals surface area contributed by atoms with Crippen molar-refractivity contribution in [3.05, 3.63) is 30.3 Å². The molecule has 0 bridgehead atoms. The number of hydrogen-bond acceptors (Lipinski definition) is 2. The van der Waals surface area contributed by atoms with E-state index in [1.165, 1.54) is 0 Å². The first kappa shape index (κ1) is 18.0. The van der Waals surface area contributed by atoms with E-state index in [0.29, 0.717) is 5.91 Å². The number of amides is 2. The summed E-state index contributed by atoms with van der Waals surface area (Å²) < 4.78 is 0. The van der Waals surface area contributed by atoms with Crippen LogP contribution in [0.15, 0.2) is 30.3 Å².